The number of benzene rings is 2. The summed E-state index contributed by atoms with van der Waals surface area (Å²) in [7, 11) is 1.48. The third kappa shape index (κ3) is 3.38. The van der Waals surface area contributed by atoms with Crippen molar-refractivity contribution in [3.63, 3.8) is 0 Å². The Morgan fingerprint density at radius 3 is 2.68 bits per heavy atom. The number of hydrogen-bond acceptors (Lipinski definition) is 6. The summed E-state index contributed by atoms with van der Waals surface area (Å²) in [5, 5.41) is 21.6. The quantitative estimate of drug-likeness (QED) is 0.315. The first kappa shape index (κ1) is 19.6. The van der Waals surface area contributed by atoms with Gasteiger partial charge in [-0.2, -0.15) is 0 Å². The number of halogens is 1. The van der Waals surface area contributed by atoms with E-state index in [1.54, 1.807) is 0 Å². The second-order valence-electron chi connectivity index (χ2n) is 6.56. The summed E-state index contributed by atoms with van der Waals surface area (Å²) in [6.07, 6.45) is 0.668. The number of carboxylic acid groups (broad SMARTS) is 1. The van der Waals surface area contributed by atoms with Gasteiger partial charge in [-0.3, -0.25) is 4.90 Å². The van der Waals surface area contributed by atoms with Crippen molar-refractivity contribution in [3.8, 4) is 16.9 Å². The third-order valence-corrected chi connectivity index (χ3v) is 5.11. The number of fused-ring (bicyclic) bond motifs is 1. The number of hydrogen-bond donors (Lipinski definition) is 3. The maximum absolute atomic E-state index is 14.0. The Labute approximate surface area is 161 Å². The number of anilines is 1. The van der Waals surface area contributed by atoms with Crippen LogP contribution in [0.1, 0.15) is 23.6 Å². The van der Waals surface area contributed by atoms with Crippen molar-refractivity contribution in [2.75, 3.05) is 25.9 Å². The molecular formula is C20H22FN3O4. The predicted molar refractivity (Wildman–Crippen MR) is 103 cm³/mol. The molecule has 0 saturated carbocycles. The van der Waals surface area contributed by atoms with Crippen LogP contribution >= 0.6 is 0 Å². The Hall–Kier alpha value is -3.13. The SMILES string of the molecule is CCN1CCc2c(-c3cc(F)ccc3OC)cc(/C(=N/O)C(=O)O)c(N)c2C1. The maximum Gasteiger partial charge on any atom is 0.358 e. The molecule has 0 unspecified atom stereocenters. The molecular weight excluding hydrogens is 365 g/mol. The lowest BCUT2D eigenvalue weighted by atomic mass is 9.85. The standard InChI is InChI=1S/C20H22FN3O4/c1-3-24-7-6-12-13(14-8-11(21)4-5-17(14)28-2)9-15(18(22)16(12)10-24)19(23-27)20(25)26/h4-5,8-9,27H,3,6-7,10,22H2,1-2H3,(H,25,26)/b23-19-. The van der Waals surface area contributed by atoms with Gasteiger partial charge in [0, 0.05) is 29.9 Å². The van der Waals surface area contributed by atoms with Crippen LogP contribution in [0.2, 0.25) is 0 Å². The average Bonchev–Trinajstić information content (AvgIpc) is 2.69. The summed E-state index contributed by atoms with van der Waals surface area (Å²) in [6.45, 7) is 4.16. The van der Waals surface area contributed by atoms with Crippen molar-refractivity contribution >= 4 is 17.4 Å². The van der Waals surface area contributed by atoms with Crippen LogP contribution in [-0.2, 0) is 17.8 Å². The highest BCUT2D eigenvalue weighted by molar-refractivity contribution is 6.43. The van der Waals surface area contributed by atoms with E-state index in [1.807, 2.05) is 6.92 Å². The molecule has 0 fully saturated rings. The molecule has 3 rings (SSSR count). The fraction of sp³-hybridized carbons (Fsp3) is 0.300. The van der Waals surface area contributed by atoms with Crippen LogP contribution in [0.5, 0.6) is 5.75 Å². The minimum Gasteiger partial charge on any atom is -0.496 e. The van der Waals surface area contributed by atoms with Gasteiger partial charge in [0.1, 0.15) is 11.6 Å². The van der Waals surface area contributed by atoms with Crippen LogP contribution in [0, 0.1) is 5.82 Å². The number of nitrogen functional groups attached to an aromatic ring is 1. The average molecular weight is 387 g/mol. The number of carboxylic acids is 1. The van der Waals surface area contributed by atoms with E-state index >= 15 is 0 Å². The summed E-state index contributed by atoms with van der Waals surface area (Å²) in [6, 6.07) is 5.70. The number of oxime groups is 1. The molecule has 8 heteroatoms. The molecule has 1 heterocycles. The Kier molecular flexibility index (Phi) is 5.51. The van der Waals surface area contributed by atoms with E-state index in [0.717, 1.165) is 24.2 Å². The molecule has 1 aliphatic heterocycles. The number of likely N-dealkylation sites (N-methyl/N-ethyl adjacent to an activating group) is 1. The normalized spacial score (nSPS) is 14.6. The van der Waals surface area contributed by atoms with Gasteiger partial charge in [-0.1, -0.05) is 12.1 Å². The molecule has 1 aliphatic rings. The number of rotatable bonds is 5. The lowest BCUT2D eigenvalue weighted by molar-refractivity contribution is -0.129. The van der Waals surface area contributed by atoms with Gasteiger partial charge in [0.2, 0.25) is 0 Å². The molecule has 28 heavy (non-hydrogen) atoms. The molecule has 0 radical (unpaired) electrons. The Morgan fingerprint density at radius 2 is 2.07 bits per heavy atom. The van der Waals surface area contributed by atoms with Crippen LogP contribution in [0.3, 0.4) is 0 Å². The summed E-state index contributed by atoms with van der Waals surface area (Å²) in [4.78, 5) is 13.7. The summed E-state index contributed by atoms with van der Waals surface area (Å²) in [5.41, 5.74) is 8.86. The summed E-state index contributed by atoms with van der Waals surface area (Å²) in [5.74, 6) is -1.40. The number of carbonyl (C=O) groups is 1. The maximum atomic E-state index is 14.0. The van der Waals surface area contributed by atoms with Crippen molar-refractivity contribution in [1.82, 2.24) is 4.90 Å². The second-order valence-corrected chi connectivity index (χ2v) is 6.56. The highest BCUT2D eigenvalue weighted by Gasteiger charge is 2.28. The third-order valence-electron chi connectivity index (χ3n) is 5.11. The molecule has 0 aliphatic carbocycles. The molecule has 0 spiro atoms. The van der Waals surface area contributed by atoms with Crippen molar-refractivity contribution in [3.05, 3.63) is 46.8 Å². The topological polar surface area (TPSA) is 108 Å². The van der Waals surface area contributed by atoms with Gasteiger partial charge >= 0.3 is 5.97 Å². The van der Waals surface area contributed by atoms with E-state index in [9.17, 15) is 19.5 Å². The summed E-state index contributed by atoms with van der Waals surface area (Å²) >= 11 is 0. The smallest absolute Gasteiger partial charge is 0.358 e. The van der Waals surface area contributed by atoms with Gasteiger partial charge in [-0.25, -0.2) is 9.18 Å². The molecule has 0 atom stereocenters. The molecule has 2 aromatic carbocycles. The van der Waals surface area contributed by atoms with Gasteiger partial charge < -0.3 is 20.8 Å². The van der Waals surface area contributed by atoms with Crippen LogP contribution in [0.25, 0.3) is 11.1 Å². The van der Waals surface area contributed by atoms with Crippen molar-refractivity contribution in [2.24, 2.45) is 5.16 Å². The minimum atomic E-state index is -1.41. The van der Waals surface area contributed by atoms with E-state index < -0.39 is 17.5 Å². The zero-order valence-corrected chi connectivity index (χ0v) is 15.7. The monoisotopic (exact) mass is 387 g/mol. The highest BCUT2D eigenvalue weighted by atomic mass is 19.1. The molecule has 0 aromatic heterocycles. The van der Waals surface area contributed by atoms with E-state index in [1.165, 1.54) is 31.4 Å². The number of nitrogens with zero attached hydrogens (tertiary/aromatic N) is 2. The van der Waals surface area contributed by atoms with Crippen LogP contribution in [0.15, 0.2) is 29.4 Å². The van der Waals surface area contributed by atoms with E-state index in [-0.39, 0.29) is 11.3 Å². The van der Waals surface area contributed by atoms with Gasteiger partial charge in [-0.15, -0.1) is 0 Å². The molecule has 7 nitrogen and oxygen atoms in total. The largest absolute Gasteiger partial charge is 0.496 e. The number of methoxy groups -OCH3 is 1. The zero-order valence-electron chi connectivity index (χ0n) is 15.7. The Balaban J connectivity index is 2.34. The molecule has 0 amide bonds. The van der Waals surface area contributed by atoms with E-state index in [0.29, 0.717) is 29.8 Å². The van der Waals surface area contributed by atoms with Crippen LogP contribution < -0.4 is 10.5 Å². The molecule has 0 saturated heterocycles. The van der Waals surface area contributed by atoms with Crippen LogP contribution in [0.4, 0.5) is 10.1 Å². The number of ether oxygens (including phenoxy) is 1. The van der Waals surface area contributed by atoms with Gasteiger partial charge in [0.05, 0.1) is 7.11 Å². The zero-order chi connectivity index (χ0) is 20.4. The first-order chi connectivity index (χ1) is 13.4. The Morgan fingerprint density at radius 1 is 1.32 bits per heavy atom. The van der Waals surface area contributed by atoms with Crippen molar-refractivity contribution in [1.29, 1.82) is 0 Å². The first-order valence-corrected chi connectivity index (χ1v) is 8.87. The summed E-state index contributed by atoms with van der Waals surface area (Å²) < 4.78 is 19.4. The Bertz CT molecular complexity index is 959. The number of aliphatic carboxylic acids is 1. The van der Waals surface area contributed by atoms with Crippen molar-refractivity contribution in [2.45, 2.75) is 19.9 Å². The first-order valence-electron chi connectivity index (χ1n) is 8.87. The molecule has 148 valence electrons. The molecule has 2 aromatic rings. The molecule has 0 bridgehead atoms. The second kappa shape index (κ2) is 7.85. The van der Waals surface area contributed by atoms with Gasteiger partial charge in [0.25, 0.3) is 0 Å². The van der Waals surface area contributed by atoms with Gasteiger partial charge in [0.15, 0.2) is 5.71 Å². The minimum absolute atomic E-state index is 0.0908. The predicted octanol–water partition coefficient (Wildman–Crippen LogP) is 2.72. The number of nitrogens with two attached hydrogens (primary N) is 1. The molecule has 4 N–H and O–H groups in total. The highest BCUT2D eigenvalue weighted by Crippen LogP contribution is 2.40. The van der Waals surface area contributed by atoms with E-state index in [2.05, 4.69) is 10.1 Å². The lowest BCUT2D eigenvalue weighted by Crippen LogP contribution is -2.32. The van der Waals surface area contributed by atoms with Crippen molar-refractivity contribution < 1.29 is 24.2 Å². The van der Waals surface area contributed by atoms with Crippen LogP contribution in [-0.4, -0.2) is 47.1 Å². The lowest BCUT2D eigenvalue weighted by Gasteiger charge is -2.31. The van der Waals surface area contributed by atoms with Gasteiger partial charge in [-0.05, 0) is 53.9 Å². The fourth-order valence-corrected chi connectivity index (χ4v) is 3.64. The van der Waals surface area contributed by atoms with E-state index in [4.69, 9.17) is 10.5 Å². The fourth-order valence-electron chi connectivity index (χ4n) is 3.64.